The van der Waals surface area contributed by atoms with E-state index in [0.717, 1.165) is 0 Å². The Morgan fingerprint density at radius 2 is 1.21 bits per heavy atom. The van der Waals surface area contributed by atoms with Gasteiger partial charge in [0.05, 0.1) is 11.5 Å². The Morgan fingerprint density at radius 1 is 0.929 bits per heavy atom. The maximum absolute atomic E-state index is 10.9. The summed E-state index contributed by atoms with van der Waals surface area (Å²) in [6.45, 7) is 3.98. The van der Waals surface area contributed by atoms with Gasteiger partial charge in [0.2, 0.25) is 0 Å². The Morgan fingerprint density at radius 3 is 1.43 bits per heavy atom. The zero-order valence-corrected chi connectivity index (χ0v) is 9.89. The van der Waals surface area contributed by atoms with Crippen molar-refractivity contribution in [2.75, 3.05) is 11.5 Å². The molecule has 0 saturated carbocycles. The van der Waals surface area contributed by atoms with E-state index in [1.165, 1.54) is 20.8 Å². The van der Waals surface area contributed by atoms with Crippen LogP contribution in [-0.2, 0) is 28.6 Å². The van der Waals surface area contributed by atoms with Crippen LogP contribution in [0.1, 0.15) is 20.8 Å². The molecule has 6 nitrogen and oxygen atoms in total. The number of rotatable bonds is 6. The third-order valence-electron chi connectivity index (χ3n) is 1.27. The molecule has 0 fully saturated rings. The summed E-state index contributed by atoms with van der Waals surface area (Å²) in [6, 6.07) is 0. The quantitative estimate of drug-likeness (QED) is 0.486. The largest absolute Gasteiger partial charge is 0.269 e. The third kappa shape index (κ3) is 5.53. The smallest absolute Gasteiger partial charge is 0.237 e. The van der Waals surface area contributed by atoms with Crippen LogP contribution in [0.5, 0.6) is 0 Å². The average Bonchev–Trinajstić information content (AvgIpc) is 2.02. The summed E-state index contributed by atoms with van der Waals surface area (Å²) in [5.41, 5.74) is 0. The normalized spacial score (nSPS) is 13.4. The van der Waals surface area contributed by atoms with Gasteiger partial charge in [0.15, 0.2) is 6.29 Å². The molecule has 0 rings (SSSR count). The topological polar surface area (TPSA) is 86.7 Å². The van der Waals surface area contributed by atoms with Crippen LogP contribution in [0.15, 0.2) is 0 Å². The van der Waals surface area contributed by atoms with Crippen LogP contribution in [0.4, 0.5) is 0 Å². The zero-order chi connectivity index (χ0) is 11.4. The molecule has 0 N–H and O–H groups in total. The molecular formula is C6H14O6S2. The van der Waals surface area contributed by atoms with Gasteiger partial charge in [0.1, 0.15) is 0 Å². The van der Waals surface area contributed by atoms with Gasteiger partial charge in [-0.3, -0.25) is 0 Å². The molecule has 0 saturated heterocycles. The first-order valence-electron chi connectivity index (χ1n) is 4.04. The molecule has 0 aliphatic rings. The van der Waals surface area contributed by atoms with Gasteiger partial charge in [-0.25, -0.2) is 8.37 Å². The summed E-state index contributed by atoms with van der Waals surface area (Å²) in [4.78, 5) is 0. The molecule has 0 aromatic heterocycles. The fraction of sp³-hybridized carbons (Fsp3) is 1.00. The van der Waals surface area contributed by atoms with Crippen molar-refractivity contribution in [1.82, 2.24) is 0 Å². The Kier molecular flexibility index (Phi) is 4.99. The highest BCUT2D eigenvalue weighted by atomic mass is 32.2. The molecular weight excluding hydrogens is 232 g/mol. The SMILES string of the molecule is CCS(=O)(=O)OC(C)OS(=O)(=O)CC. The first-order chi connectivity index (χ1) is 6.22. The summed E-state index contributed by atoms with van der Waals surface area (Å²) in [5.74, 6) is -0.459. The van der Waals surface area contributed by atoms with Crippen LogP contribution in [0.25, 0.3) is 0 Å². The molecule has 0 bridgehead atoms. The lowest BCUT2D eigenvalue weighted by Crippen LogP contribution is -2.23. The molecule has 14 heavy (non-hydrogen) atoms. The van der Waals surface area contributed by atoms with Crippen molar-refractivity contribution < 1.29 is 25.2 Å². The monoisotopic (exact) mass is 246 g/mol. The second-order valence-corrected chi connectivity index (χ2v) is 6.22. The molecule has 0 atom stereocenters. The van der Waals surface area contributed by atoms with Gasteiger partial charge in [-0.15, -0.1) is 0 Å². The van der Waals surface area contributed by atoms with Gasteiger partial charge < -0.3 is 0 Å². The van der Waals surface area contributed by atoms with E-state index >= 15 is 0 Å². The van der Waals surface area contributed by atoms with E-state index in [9.17, 15) is 16.8 Å². The van der Waals surface area contributed by atoms with Gasteiger partial charge in [-0.1, -0.05) is 0 Å². The van der Waals surface area contributed by atoms with Crippen molar-refractivity contribution in [2.45, 2.75) is 27.1 Å². The summed E-state index contributed by atoms with van der Waals surface area (Å²) in [7, 11) is -7.38. The molecule has 0 spiro atoms. The van der Waals surface area contributed by atoms with Crippen molar-refractivity contribution >= 4 is 20.2 Å². The van der Waals surface area contributed by atoms with E-state index in [-0.39, 0.29) is 11.5 Å². The van der Waals surface area contributed by atoms with Crippen LogP contribution in [0, 0.1) is 0 Å². The minimum atomic E-state index is -3.69. The molecule has 0 unspecified atom stereocenters. The highest BCUT2D eigenvalue weighted by Gasteiger charge is 2.19. The molecule has 0 aliphatic carbocycles. The van der Waals surface area contributed by atoms with E-state index in [1.54, 1.807) is 0 Å². The van der Waals surface area contributed by atoms with E-state index in [1.807, 2.05) is 0 Å². The lowest BCUT2D eigenvalue weighted by Gasteiger charge is -2.11. The van der Waals surface area contributed by atoms with Gasteiger partial charge in [0, 0.05) is 0 Å². The molecule has 0 aliphatic heterocycles. The number of hydrogen-bond acceptors (Lipinski definition) is 6. The van der Waals surface area contributed by atoms with Crippen molar-refractivity contribution in [3.8, 4) is 0 Å². The molecule has 0 amide bonds. The van der Waals surface area contributed by atoms with Crippen molar-refractivity contribution in [1.29, 1.82) is 0 Å². The van der Waals surface area contributed by atoms with Crippen molar-refractivity contribution in [3.63, 3.8) is 0 Å². The Balaban J connectivity index is 4.33. The van der Waals surface area contributed by atoms with Crippen molar-refractivity contribution in [2.24, 2.45) is 0 Å². The third-order valence-corrected chi connectivity index (χ3v) is 3.81. The fourth-order valence-corrected chi connectivity index (χ4v) is 1.79. The summed E-state index contributed by atoms with van der Waals surface area (Å²) in [5, 5.41) is 0. The van der Waals surface area contributed by atoms with Crippen LogP contribution in [0.3, 0.4) is 0 Å². The standard InChI is InChI=1S/C6H14O6S2/c1-4-13(7,8)11-6(3)12-14(9,10)5-2/h6H,4-5H2,1-3H3. The lowest BCUT2D eigenvalue weighted by molar-refractivity contribution is 0.0347. The zero-order valence-electron chi connectivity index (χ0n) is 8.26. The Hall–Kier alpha value is -0.180. The van der Waals surface area contributed by atoms with E-state index < -0.39 is 26.5 Å². The van der Waals surface area contributed by atoms with Gasteiger partial charge >= 0.3 is 0 Å². The molecule has 0 heterocycles. The van der Waals surface area contributed by atoms with E-state index in [2.05, 4.69) is 8.37 Å². The average molecular weight is 246 g/mol. The summed E-state index contributed by atoms with van der Waals surface area (Å²) < 4.78 is 52.3. The second kappa shape index (κ2) is 5.06. The molecule has 0 aromatic rings. The van der Waals surface area contributed by atoms with Crippen LogP contribution < -0.4 is 0 Å². The van der Waals surface area contributed by atoms with E-state index in [4.69, 9.17) is 0 Å². The summed E-state index contributed by atoms with van der Waals surface area (Å²) >= 11 is 0. The second-order valence-electron chi connectivity index (χ2n) is 2.45. The van der Waals surface area contributed by atoms with Gasteiger partial charge in [0.25, 0.3) is 20.2 Å². The Bertz CT molecular complexity index is 318. The number of hydrogen-bond donors (Lipinski definition) is 0. The van der Waals surface area contributed by atoms with Crippen LogP contribution in [0.2, 0.25) is 0 Å². The van der Waals surface area contributed by atoms with Crippen molar-refractivity contribution in [3.05, 3.63) is 0 Å². The highest BCUT2D eigenvalue weighted by Crippen LogP contribution is 2.05. The molecule has 0 radical (unpaired) electrons. The molecule has 8 heteroatoms. The van der Waals surface area contributed by atoms with E-state index in [0.29, 0.717) is 0 Å². The molecule has 86 valence electrons. The van der Waals surface area contributed by atoms with Gasteiger partial charge in [-0.05, 0) is 20.8 Å². The minimum Gasteiger partial charge on any atom is -0.237 e. The van der Waals surface area contributed by atoms with Crippen LogP contribution in [-0.4, -0.2) is 34.6 Å². The fourth-order valence-electron chi connectivity index (χ4n) is 0.565. The van der Waals surface area contributed by atoms with Crippen LogP contribution >= 0.6 is 0 Å². The summed E-state index contributed by atoms with van der Waals surface area (Å²) in [6.07, 6.45) is -1.31. The first-order valence-corrected chi connectivity index (χ1v) is 7.20. The first kappa shape index (κ1) is 13.8. The maximum Gasteiger partial charge on any atom is 0.269 e. The minimum absolute atomic E-state index is 0.229. The highest BCUT2D eigenvalue weighted by molar-refractivity contribution is 7.87. The maximum atomic E-state index is 10.9. The lowest BCUT2D eigenvalue weighted by atomic mass is 10.8. The molecule has 0 aromatic carbocycles. The Labute approximate surface area is 84.5 Å². The predicted molar refractivity (Wildman–Crippen MR) is 50.6 cm³/mol. The predicted octanol–water partition coefficient (Wildman–Crippen LogP) is 0.0650. The van der Waals surface area contributed by atoms with Gasteiger partial charge in [-0.2, -0.15) is 16.8 Å².